The molecule has 5 heteroatoms. The minimum absolute atomic E-state index is 0.290. The number of fused-ring (bicyclic) bond motifs is 1. The summed E-state index contributed by atoms with van der Waals surface area (Å²) < 4.78 is 16.0. The number of benzene rings is 1. The predicted octanol–water partition coefficient (Wildman–Crippen LogP) is 3.16. The number of hydrogen-bond acceptors (Lipinski definition) is 5. The lowest BCUT2D eigenvalue weighted by Crippen LogP contribution is -1.92. The predicted molar refractivity (Wildman–Crippen MR) is 69.7 cm³/mol. The van der Waals surface area contributed by atoms with Crippen molar-refractivity contribution in [1.29, 1.82) is 0 Å². The summed E-state index contributed by atoms with van der Waals surface area (Å²) in [4.78, 5) is 4.54. The molecule has 0 fully saturated rings. The zero-order chi connectivity index (χ0) is 12.7. The van der Waals surface area contributed by atoms with Crippen molar-refractivity contribution in [3.63, 3.8) is 0 Å². The van der Waals surface area contributed by atoms with Gasteiger partial charge in [-0.05, 0) is 31.5 Å². The molecule has 0 atom stereocenters. The van der Waals surface area contributed by atoms with Crippen molar-refractivity contribution in [3.05, 3.63) is 23.4 Å². The summed E-state index contributed by atoms with van der Waals surface area (Å²) in [7, 11) is 1.66. The third-order valence-electron chi connectivity index (χ3n) is 2.89. The molecule has 3 rings (SSSR count). The van der Waals surface area contributed by atoms with Gasteiger partial charge in [0.15, 0.2) is 16.6 Å². The summed E-state index contributed by atoms with van der Waals surface area (Å²) >= 11 is 1.54. The highest BCUT2D eigenvalue weighted by atomic mass is 32.1. The Labute approximate surface area is 109 Å². The number of ether oxygens (including phenoxy) is 3. The third-order valence-corrected chi connectivity index (χ3v) is 4.04. The normalized spacial score (nSPS) is 12.8. The van der Waals surface area contributed by atoms with Crippen LogP contribution in [-0.4, -0.2) is 18.9 Å². The first kappa shape index (κ1) is 11.3. The maximum absolute atomic E-state index is 5.40. The first-order chi connectivity index (χ1) is 8.69. The Bertz CT molecular complexity index is 607. The van der Waals surface area contributed by atoms with Crippen LogP contribution >= 0.6 is 11.3 Å². The fourth-order valence-electron chi connectivity index (χ4n) is 1.96. The fraction of sp³-hybridized carbons (Fsp3) is 0.308. The standard InChI is InChI=1S/C13H13NO3S/c1-7-4-10-11(17-6-16-10)5-9(7)12-14-8(2)13(15-3)18-12/h4-5H,6H2,1-3H3. The molecule has 94 valence electrons. The van der Waals surface area contributed by atoms with Crippen molar-refractivity contribution in [2.75, 3.05) is 13.9 Å². The Balaban J connectivity index is 2.10. The summed E-state index contributed by atoms with van der Waals surface area (Å²) in [6, 6.07) is 3.97. The van der Waals surface area contributed by atoms with Crippen molar-refractivity contribution in [1.82, 2.24) is 4.98 Å². The highest BCUT2D eigenvalue weighted by Gasteiger charge is 2.19. The Morgan fingerprint density at radius 2 is 1.94 bits per heavy atom. The summed E-state index contributed by atoms with van der Waals surface area (Å²) in [5.74, 6) is 1.58. The van der Waals surface area contributed by atoms with Gasteiger partial charge in [0.25, 0.3) is 0 Å². The van der Waals surface area contributed by atoms with E-state index in [1.54, 1.807) is 18.4 Å². The van der Waals surface area contributed by atoms with Gasteiger partial charge in [0.1, 0.15) is 5.01 Å². The Morgan fingerprint density at radius 1 is 1.22 bits per heavy atom. The molecule has 0 N–H and O–H groups in total. The molecule has 18 heavy (non-hydrogen) atoms. The van der Waals surface area contributed by atoms with Crippen LogP contribution < -0.4 is 14.2 Å². The molecule has 0 amide bonds. The van der Waals surface area contributed by atoms with Gasteiger partial charge < -0.3 is 14.2 Å². The molecule has 0 bridgehead atoms. The second-order valence-corrected chi connectivity index (χ2v) is 5.08. The second kappa shape index (κ2) is 4.17. The molecule has 2 heterocycles. The number of aromatic nitrogens is 1. The Kier molecular flexibility index (Phi) is 2.63. The fourth-order valence-corrected chi connectivity index (χ4v) is 2.93. The van der Waals surface area contributed by atoms with Crippen molar-refractivity contribution in [2.24, 2.45) is 0 Å². The van der Waals surface area contributed by atoms with Gasteiger partial charge in [-0.3, -0.25) is 0 Å². The summed E-state index contributed by atoms with van der Waals surface area (Å²) in [5, 5.41) is 1.79. The number of hydrogen-bond donors (Lipinski definition) is 0. The largest absolute Gasteiger partial charge is 0.486 e. The van der Waals surface area contributed by atoms with Crippen LogP contribution in [-0.2, 0) is 0 Å². The van der Waals surface area contributed by atoms with E-state index < -0.39 is 0 Å². The molecular weight excluding hydrogens is 250 g/mol. The molecule has 1 aromatic carbocycles. The minimum atomic E-state index is 0.290. The zero-order valence-corrected chi connectivity index (χ0v) is 11.3. The molecule has 1 aromatic heterocycles. The van der Waals surface area contributed by atoms with Gasteiger partial charge >= 0.3 is 0 Å². The van der Waals surface area contributed by atoms with E-state index in [1.165, 1.54) is 0 Å². The first-order valence-electron chi connectivity index (χ1n) is 5.61. The molecule has 0 spiro atoms. The molecular formula is C13H13NO3S. The minimum Gasteiger partial charge on any atom is -0.486 e. The molecule has 0 unspecified atom stereocenters. The van der Waals surface area contributed by atoms with Crippen molar-refractivity contribution < 1.29 is 14.2 Å². The molecule has 4 nitrogen and oxygen atoms in total. The van der Waals surface area contributed by atoms with Crippen LogP contribution in [0.15, 0.2) is 12.1 Å². The van der Waals surface area contributed by atoms with Crippen LogP contribution in [0, 0.1) is 13.8 Å². The van der Waals surface area contributed by atoms with E-state index in [4.69, 9.17) is 14.2 Å². The molecule has 0 radical (unpaired) electrons. The molecule has 0 aliphatic carbocycles. The van der Waals surface area contributed by atoms with E-state index in [0.717, 1.165) is 38.4 Å². The summed E-state index contributed by atoms with van der Waals surface area (Å²) in [6.45, 7) is 4.28. The molecule has 0 saturated carbocycles. The van der Waals surface area contributed by atoms with Gasteiger partial charge in [-0.25, -0.2) is 4.98 Å². The number of rotatable bonds is 2. The number of thiazole rings is 1. The van der Waals surface area contributed by atoms with E-state index in [-0.39, 0.29) is 0 Å². The van der Waals surface area contributed by atoms with Crippen molar-refractivity contribution >= 4 is 11.3 Å². The lowest BCUT2D eigenvalue weighted by atomic mass is 10.1. The van der Waals surface area contributed by atoms with Crippen LogP contribution in [0.3, 0.4) is 0 Å². The lowest BCUT2D eigenvalue weighted by Gasteiger charge is -2.04. The van der Waals surface area contributed by atoms with Crippen molar-refractivity contribution in [2.45, 2.75) is 13.8 Å². The van der Waals surface area contributed by atoms with Gasteiger partial charge in [-0.1, -0.05) is 11.3 Å². The number of methoxy groups -OCH3 is 1. The second-order valence-electron chi connectivity index (χ2n) is 4.12. The number of nitrogens with zero attached hydrogens (tertiary/aromatic N) is 1. The lowest BCUT2D eigenvalue weighted by molar-refractivity contribution is 0.174. The van der Waals surface area contributed by atoms with Crippen LogP contribution in [0.2, 0.25) is 0 Å². The molecule has 1 aliphatic heterocycles. The molecule has 0 saturated heterocycles. The van der Waals surface area contributed by atoms with E-state index in [0.29, 0.717) is 6.79 Å². The third kappa shape index (κ3) is 1.71. The van der Waals surface area contributed by atoms with E-state index in [2.05, 4.69) is 4.98 Å². The monoisotopic (exact) mass is 263 g/mol. The average molecular weight is 263 g/mol. The van der Waals surface area contributed by atoms with E-state index in [1.807, 2.05) is 26.0 Å². The Morgan fingerprint density at radius 3 is 2.61 bits per heavy atom. The van der Waals surface area contributed by atoms with Crippen LogP contribution in [0.5, 0.6) is 16.6 Å². The molecule has 1 aliphatic rings. The summed E-state index contributed by atoms with van der Waals surface area (Å²) in [5.41, 5.74) is 3.10. The maximum Gasteiger partial charge on any atom is 0.231 e. The number of aryl methyl sites for hydroxylation is 2. The smallest absolute Gasteiger partial charge is 0.231 e. The quantitative estimate of drug-likeness (QED) is 0.834. The van der Waals surface area contributed by atoms with Gasteiger partial charge in [0.2, 0.25) is 6.79 Å². The van der Waals surface area contributed by atoms with E-state index in [9.17, 15) is 0 Å². The highest BCUT2D eigenvalue weighted by molar-refractivity contribution is 7.17. The highest BCUT2D eigenvalue weighted by Crippen LogP contribution is 2.41. The van der Waals surface area contributed by atoms with E-state index >= 15 is 0 Å². The van der Waals surface area contributed by atoms with Gasteiger partial charge in [0.05, 0.1) is 12.8 Å². The van der Waals surface area contributed by atoms with Crippen molar-refractivity contribution in [3.8, 4) is 27.1 Å². The SMILES string of the molecule is COc1sc(-c2cc3c(cc2C)OCO3)nc1C. The average Bonchev–Trinajstić information content (AvgIpc) is 2.93. The van der Waals surface area contributed by atoms with Gasteiger partial charge in [-0.2, -0.15) is 0 Å². The Hall–Kier alpha value is -1.75. The first-order valence-corrected chi connectivity index (χ1v) is 6.42. The van der Waals surface area contributed by atoms with Gasteiger partial charge in [0, 0.05) is 5.56 Å². The molecule has 2 aromatic rings. The van der Waals surface area contributed by atoms with Crippen LogP contribution in [0.25, 0.3) is 10.6 Å². The van der Waals surface area contributed by atoms with Crippen LogP contribution in [0.1, 0.15) is 11.3 Å². The zero-order valence-electron chi connectivity index (χ0n) is 10.4. The maximum atomic E-state index is 5.40. The van der Waals surface area contributed by atoms with Crippen LogP contribution in [0.4, 0.5) is 0 Å². The topological polar surface area (TPSA) is 40.6 Å². The van der Waals surface area contributed by atoms with Gasteiger partial charge in [-0.15, -0.1) is 0 Å². The summed E-state index contributed by atoms with van der Waals surface area (Å²) in [6.07, 6.45) is 0.